The number of hydrogen-bond donors (Lipinski definition) is 1. The number of carbonyl (C=O) groups excluding carboxylic acids is 1. The number of amides is 1. The molecule has 0 unspecified atom stereocenters. The van der Waals surface area contributed by atoms with E-state index in [0.29, 0.717) is 5.69 Å². The number of hydrogen-bond acceptors (Lipinski definition) is 2. The van der Waals surface area contributed by atoms with Crippen LogP contribution in [0, 0.1) is 0 Å². The molecule has 144 valence electrons. The van der Waals surface area contributed by atoms with Crippen LogP contribution in [0.25, 0.3) is 0 Å². The third kappa shape index (κ3) is 4.34. The second-order valence-corrected chi connectivity index (χ2v) is 6.38. The van der Waals surface area contributed by atoms with Gasteiger partial charge in [-0.1, -0.05) is 60.7 Å². The van der Waals surface area contributed by atoms with Crippen LogP contribution in [0.3, 0.4) is 0 Å². The van der Waals surface area contributed by atoms with Crippen molar-refractivity contribution in [1.29, 1.82) is 0 Å². The number of anilines is 1. The smallest absolute Gasteiger partial charge is 0.406 e. The minimum absolute atomic E-state index is 0.297. The number of rotatable bonds is 5. The molecule has 0 saturated heterocycles. The second-order valence-electron chi connectivity index (χ2n) is 6.38. The molecule has 0 aliphatic carbocycles. The molecule has 3 rings (SSSR count). The molecule has 0 heterocycles. The summed E-state index contributed by atoms with van der Waals surface area (Å²) in [6, 6.07) is 23.7. The molecule has 0 saturated carbocycles. The van der Waals surface area contributed by atoms with Crippen LogP contribution in [-0.2, 0) is 10.2 Å². The van der Waals surface area contributed by atoms with Crippen molar-refractivity contribution in [3.8, 4) is 5.75 Å². The summed E-state index contributed by atoms with van der Waals surface area (Å²) < 4.78 is 40.7. The molecular formula is C22H18F3NO2. The highest BCUT2D eigenvalue weighted by molar-refractivity contribution is 6.01. The van der Waals surface area contributed by atoms with E-state index in [4.69, 9.17) is 0 Å². The third-order valence-corrected chi connectivity index (χ3v) is 4.50. The van der Waals surface area contributed by atoms with Gasteiger partial charge in [-0.15, -0.1) is 13.2 Å². The van der Waals surface area contributed by atoms with Crippen LogP contribution >= 0.6 is 0 Å². The summed E-state index contributed by atoms with van der Waals surface area (Å²) in [5, 5.41) is 2.79. The predicted molar refractivity (Wildman–Crippen MR) is 101 cm³/mol. The third-order valence-electron chi connectivity index (χ3n) is 4.50. The maximum absolute atomic E-state index is 13.2. The van der Waals surface area contributed by atoms with E-state index in [1.54, 1.807) is 0 Å². The number of benzene rings is 3. The van der Waals surface area contributed by atoms with Crippen LogP contribution in [0.15, 0.2) is 84.9 Å². The molecule has 0 bridgehead atoms. The fourth-order valence-corrected chi connectivity index (χ4v) is 2.97. The Morgan fingerprint density at radius 2 is 1.25 bits per heavy atom. The van der Waals surface area contributed by atoms with Crippen molar-refractivity contribution < 1.29 is 22.7 Å². The normalized spacial score (nSPS) is 11.7. The molecular weight excluding hydrogens is 367 g/mol. The summed E-state index contributed by atoms with van der Waals surface area (Å²) in [5.74, 6) is -0.645. The van der Waals surface area contributed by atoms with Crippen molar-refractivity contribution in [1.82, 2.24) is 0 Å². The Balaban J connectivity index is 1.89. The first kappa shape index (κ1) is 19.5. The Morgan fingerprint density at radius 3 is 1.68 bits per heavy atom. The Morgan fingerprint density at radius 1 is 0.786 bits per heavy atom. The maximum atomic E-state index is 13.2. The standard InChI is InChI=1S/C22H18F3NO2/c1-21(16-8-4-2-5-9-16,17-10-6-3-7-11-17)20(27)26-18-12-14-19(15-13-18)28-22(23,24)25/h2-15H,1H3,(H,26,27). The molecule has 0 aliphatic heterocycles. The number of nitrogens with one attached hydrogen (secondary N) is 1. The van der Waals surface area contributed by atoms with E-state index in [1.807, 2.05) is 67.6 Å². The molecule has 3 nitrogen and oxygen atoms in total. The minimum atomic E-state index is -4.76. The average Bonchev–Trinajstić information content (AvgIpc) is 2.69. The number of alkyl halides is 3. The van der Waals surface area contributed by atoms with Gasteiger partial charge in [0.1, 0.15) is 5.75 Å². The van der Waals surface area contributed by atoms with Crippen molar-refractivity contribution in [3.05, 3.63) is 96.1 Å². The molecule has 3 aromatic rings. The predicted octanol–water partition coefficient (Wildman–Crippen LogP) is 5.53. The molecule has 0 atom stereocenters. The lowest BCUT2D eigenvalue weighted by Gasteiger charge is -2.29. The van der Waals surface area contributed by atoms with E-state index >= 15 is 0 Å². The lowest BCUT2D eigenvalue weighted by molar-refractivity contribution is -0.274. The zero-order valence-corrected chi connectivity index (χ0v) is 15.0. The van der Waals surface area contributed by atoms with Crippen molar-refractivity contribution in [2.45, 2.75) is 18.7 Å². The van der Waals surface area contributed by atoms with Crippen LogP contribution in [0.4, 0.5) is 18.9 Å². The van der Waals surface area contributed by atoms with Gasteiger partial charge < -0.3 is 10.1 Å². The fraction of sp³-hybridized carbons (Fsp3) is 0.136. The first-order valence-electron chi connectivity index (χ1n) is 8.57. The first-order chi connectivity index (χ1) is 13.3. The molecule has 0 aliphatic rings. The van der Waals surface area contributed by atoms with Gasteiger partial charge in [-0.25, -0.2) is 0 Å². The topological polar surface area (TPSA) is 38.3 Å². The summed E-state index contributed by atoms with van der Waals surface area (Å²) in [6.45, 7) is 1.81. The second kappa shape index (κ2) is 7.76. The number of halogens is 3. The lowest BCUT2D eigenvalue weighted by Crippen LogP contribution is -2.38. The molecule has 1 amide bonds. The van der Waals surface area contributed by atoms with Gasteiger partial charge >= 0.3 is 6.36 Å². The molecule has 28 heavy (non-hydrogen) atoms. The molecule has 0 fully saturated rings. The number of ether oxygens (including phenoxy) is 1. The summed E-state index contributed by atoms with van der Waals surface area (Å²) in [7, 11) is 0. The Bertz CT molecular complexity index is 884. The quantitative estimate of drug-likeness (QED) is 0.627. The van der Waals surface area contributed by atoms with Gasteiger partial charge in [0.05, 0.1) is 5.41 Å². The summed E-state index contributed by atoms with van der Waals surface area (Å²) in [5.41, 5.74) is 0.994. The molecule has 0 spiro atoms. The van der Waals surface area contributed by atoms with Crippen molar-refractivity contribution in [3.63, 3.8) is 0 Å². The van der Waals surface area contributed by atoms with Crippen LogP contribution in [0.2, 0.25) is 0 Å². The van der Waals surface area contributed by atoms with Gasteiger partial charge in [0.25, 0.3) is 0 Å². The first-order valence-corrected chi connectivity index (χ1v) is 8.57. The van der Waals surface area contributed by atoms with Gasteiger partial charge in [-0.2, -0.15) is 0 Å². The van der Waals surface area contributed by atoms with Crippen molar-refractivity contribution in [2.75, 3.05) is 5.32 Å². The van der Waals surface area contributed by atoms with Crippen LogP contribution in [-0.4, -0.2) is 12.3 Å². The van der Waals surface area contributed by atoms with E-state index in [9.17, 15) is 18.0 Å². The molecule has 3 aromatic carbocycles. The van der Waals surface area contributed by atoms with E-state index < -0.39 is 11.8 Å². The van der Waals surface area contributed by atoms with Crippen LogP contribution in [0.5, 0.6) is 5.75 Å². The zero-order chi connectivity index (χ0) is 20.2. The minimum Gasteiger partial charge on any atom is -0.406 e. The maximum Gasteiger partial charge on any atom is 0.573 e. The number of carbonyl (C=O) groups is 1. The van der Waals surface area contributed by atoms with Gasteiger partial charge in [0, 0.05) is 5.69 Å². The highest BCUT2D eigenvalue weighted by Gasteiger charge is 2.37. The summed E-state index contributed by atoms with van der Waals surface area (Å²) >= 11 is 0. The van der Waals surface area contributed by atoms with Crippen LogP contribution < -0.4 is 10.1 Å². The SMILES string of the molecule is CC(C(=O)Nc1ccc(OC(F)(F)F)cc1)(c1ccccc1)c1ccccc1. The Hall–Kier alpha value is -3.28. The Kier molecular flexibility index (Phi) is 5.40. The van der Waals surface area contributed by atoms with Gasteiger partial charge in [-0.3, -0.25) is 4.79 Å². The summed E-state index contributed by atoms with van der Waals surface area (Å²) in [6.07, 6.45) is -4.76. The Labute approximate surface area is 160 Å². The zero-order valence-electron chi connectivity index (χ0n) is 15.0. The van der Waals surface area contributed by atoms with Crippen LogP contribution in [0.1, 0.15) is 18.1 Å². The largest absolute Gasteiger partial charge is 0.573 e. The van der Waals surface area contributed by atoms with E-state index in [0.717, 1.165) is 23.3 Å². The van der Waals surface area contributed by atoms with Gasteiger partial charge in [0.2, 0.25) is 5.91 Å². The monoisotopic (exact) mass is 385 g/mol. The lowest BCUT2D eigenvalue weighted by atomic mass is 9.75. The molecule has 1 N–H and O–H groups in total. The highest BCUT2D eigenvalue weighted by Crippen LogP contribution is 2.33. The van der Waals surface area contributed by atoms with Gasteiger partial charge in [-0.05, 0) is 42.3 Å². The van der Waals surface area contributed by atoms with Crippen molar-refractivity contribution >= 4 is 11.6 Å². The fourth-order valence-electron chi connectivity index (χ4n) is 2.97. The summed E-state index contributed by atoms with van der Waals surface area (Å²) in [4.78, 5) is 13.2. The van der Waals surface area contributed by atoms with E-state index in [1.165, 1.54) is 12.1 Å². The van der Waals surface area contributed by atoms with E-state index in [-0.39, 0.29) is 11.7 Å². The molecule has 0 radical (unpaired) electrons. The average molecular weight is 385 g/mol. The van der Waals surface area contributed by atoms with E-state index in [2.05, 4.69) is 10.1 Å². The van der Waals surface area contributed by atoms with Crippen molar-refractivity contribution in [2.24, 2.45) is 0 Å². The molecule has 0 aromatic heterocycles. The highest BCUT2D eigenvalue weighted by atomic mass is 19.4. The van der Waals surface area contributed by atoms with Gasteiger partial charge in [0.15, 0.2) is 0 Å². The molecule has 6 heteroatoms.